The Morgan fingerprint density at radius 3 is 1.91 bits per heavy atom. The number of carbonyl (C=O) groups is 1. The molecule has 1 amide bonds. The van der Waals surface area contributed by atoms with Gasteiger partial charge in [-0.25, -0.2) is 22.0 Å². The highest BCUT2D eigenvalue weighted by molar-refractivity contribution is 7.89. The number of nitrogens with zero attached hydrogens (tertiary/aromatic N) is 1. The lowest BCUT2D eigenvalue weighted by molar-refractivity contribution is -0.121. The fraction of sp³-hybridized carbons (Fsp3) is 0.409. The predicted octanol–water partition coefficient (Wildman–Crippen LogP) is 1.80. The smallest absolute Gasteiger partial charge is 0.243 e. The fourth-order valence-electron chi connectivity index (χ4n) is 3.62. The first-order chi connectivity index (χ1) is 15.2. The van der Waals surface area contributed by atoms with Crippen molar-refractivity contribution in [2.45, 2.75) is 48.3 Å². The van der Waals surface area contributed by atoms with E-state index < -0.39 is 20.0 Å². The second-order valence-electron chi connectivity index (χ2n) is 7.90. The van der Waals surface area contributed by atoms with Crippen LogP contribution in [0.25, 0.3) is 0 Å². The van der Waals surface area contributed by atoms with Gasteiger partial charge in [0.15, 0.2) is 0 Å². The molecule has 0 aliphatic carbocycles. The molecule has 32 heavy (non-hydrogen) atoms. The molecule has 1 aliphatic rings. The average Bonchev–Trinajstić information content (AvgIpc) is 2.78. The van der Waals surface area contributed by atoms with Crippen molar-refractivity contribution in [2.24, 2.45) is 5.14 Å². The Morgan fingerprint density at radius 2 is 1.34 bits per heavy atom. The number of hydrogen-bond donors (Lipinski definition) is 2. The fourth-order valence-corrected chi connectivity index (χ4v) is 5.65. The van der Waals surface area contributed by atoms with Gasteiger partial charge in [-0.05, 0) is 61.1 Å². The van der Waals surface area contributed by atoms with E-state index in [1.54, 1.807) is 40.7 Å². The Balaban J connectivity index is 1.44. The van der Waals surface area contributed by atoms with Crippen LogP contribution in [0.15, 0.2) is 58.3 Å². The van der Waals surface area contributed by atoms with Gasteiger partial charge in [0.05, 0.1) is 9.79 Å². The monoisotopic (exact) mass is 479 g/mol. The summed E-state index contributed by atoms with van der Waals surface area (Å²) in [6.07, 6.45) is 4.24. The van der Waals surface area contributed by atoms with Crippen LogP contribution in [0.1, 0.15) is 36.8 Å². The summed E-state index contributed by atoms with van der Waals surface area (Å²) >= 11 is 0. The van der Waals surface area contributed by atoms with E-state index in [0.717, 1.165) is 30.4 Å². The van der Waals surface area contributed by atoms with Crippen molar-refractivity contribution in [3.05, 3.63) is 59.7 Å². The second kappa shape index (κ2) is 10.6. The molecule has 0 spiro atoms. The van der Waals surface area contributed by atoms with Gasteiger partial charge in [-0.3, -0.25) is 4.79 Å². The number of primary sulfonamides is 1. The molecule has 0 unspecified atom stereocenters. The van der Waals surface area contributed by atoms with Crippen LogP contribution in [0.2, 0.25) is 0 Å². The maximum atomic E-state index is 12.7. The van der Waals surface area contributed by atoms with E-state index in [0.29, 0.717) is 43.8 Å². The van der Waals surface area contributed by atoms with E-state index in [9.17, 15) is 21.6 Å². The normalized spacial score (nSPS) is 15.4. The number of piperidine rings is 1. The lowest BCUT2D eigenvalue weighted by Gasteiger charge is -2.25. The number of nitrogens with one attached hydrogen (secondary N) is 1. The highest BCUT2D eigenvalue weighted by atomic mass is 32.2. The maximum absolute atomic E-state index is 12.7. The molecule has 0 aromatic heterocycles. The Hall–Kier alpha value is -2.27. The summed E-state index contributed by atoms with van der Waals surface area (Å²) in [6, 6.07) is 13.0. The van der Waals surface area contributed by atoms with Crippen molar-refractivity contribution < 1.29 is 21.6 Å². The third kappa shape index (κ3) is 6.61. The Labute approximate surface area is 189 Å². The minimum Gasteiger partial charge on any atom is -0.356 e. The van der Waals surface area contributed by atoms with Crippen molar-refractivity contribution in [1.29, 1.82) is 0 Å². The number of hydrogen-bond acceptors (Lipinski definition) is 5. The molecule has 2 aromatic rings. The highest BCUT2D eigenvalue weighted by Crippen LogP contribution is 2.21. The highest BCUT2D eigenvalue weighted by Gasteiger charge is 2.25. The number of nitrogens with two attached hydrogens (primary N) is 1. The molecular weight excluding hydrogens is 450 g/mol. The molecule has 3 rings (SSSR count). The molecule has 174 valence electrons. The molecule has 1 saturated heterocycles. The van der Waals surface area contributed by atoms with E-state index in [1.807, 2.05) is 0 Å². The van der Waals surface area contributed by atoms with Crippen molar-refractivity contribution >= 4 is 26.0 Å². The van der Waals surface area contributed by atoms with E-state index >= 15 is 0 Å². The van der Waals surface area contributed by atoms with Gasteiger partial charge in [-0.2, -0.15) is 4.31 Å². The van der Waals surface area contributed by atoms with Gasteiger partial charge in [-0.1, -0.05) is 30.7 Å². The lowest BCUT2D eigenvalue weighted by Crippen LogP contribution is -2.35. The number of rotatable bonds is 9. The number of benzene rings is 2. The summed E-state index contributed by atoms with van der Waals surface area (Å²) in [7, 11) is -7.16. The van der Waals surface area contributed by atoms with Crippen LogP contribution in [0.5, 0.6) is 0 Å². The molecule has 1 heterocycles. The zero-order valence-corrected chi connectivity index (χ0v) is 19.5. The number of sulfonamides is 2. The van der Waals surface area contributed by atoms with E-state index in [-0.39, 0.29) is 10.8 Å². The van der Waals surface area contributed by atoms with E-state index in [4.69, 9.17) is 5.14 Å². The van der Waals surface area contributed by atoms with Gasteiger partial charge in [0.1, 0.15) is 0 Å². The minimum atomic E-state index is -3.71. The minimum absolute atomic E-state index is 0.0556. The van der Waals surface area contributed by atoms with Crippen LogP contribution in [0, 0.1) is 0 Å². The number of amides is 1. The van der Waals surface area contributed by atoms with Crippen LogP contribution in [0.4, 0.5) is 0 Å². The number of aryl methyl sites for hydroxylation is 1. The van der Waals surface area contributed by atoms with Crippen molar-refractivity contribution in [1.82, 2.24) is 9.62 Å². The molecule has 3 N–H and O–H groups in total. The molecule has 0 bridgehead atoms. The topological polar surface area (TPSA) is 127 Å². The lowest BCUT2D eigenvalue weighted by atomic mass is 10.1. The third-order valence-corrected chi connectivity index (χ3v) is 8.35. The zero-order chi connectivity index (χ0) is 23.2. The largest absolute Gasteiger partial charge is 0.356 e. The molecule has 0 saturated carbocycles. The first kappa shape index (κ1) is 24.4. The van der Waals surface area contributed by atoms with E-state index in [2.05, 4.69) is 5.32 Å². The average molecular weight is 480 g/mol. The van der Waals surface area contributed by atoms with Crippen molar-refractivity contribution in [3.8, 4) is 0 Å². The van der Waals surface area contributed by atoms with E-state index in [1.165, 1.54) is 12.1 Å². The van der Waals surface area contributed by atoms with Crippen LogP contribution in [-0.4, -0.2) is 46.7 Å². The molecule has 0 atom stereocenters. The zero-order valence-electron chi connectivity index (χ0n) is 17.9. The van der Waals surface area contributed by atoms with Gasteiger partial charge in [0.25, 0.3) is 0 Å². The van der Waals surface area contributed by atoms with Gasteiger partial charge in [-0.15, -0.1) is 0 Å². The molecule has 0 radical (unpaired) electrons. The summed E-state index contributed by atoms with van der Waals surface area (Å²) in [5.41, 5.74) is 1.79. The summed E-state index contributed by atoms with van der Waals surface area (Å²) < 4.78 is 49.5. The molecule has 2 aromatic carbocycles. The molecular formula is C22H29N3O5S2. The van der Waals surface area contributed by atoms with Crippen LogP contribution < -0.4 is 10.5 Å². The van der Waals surface area contributed by atoms with Gasteiger partial charge in [0, 0.05) is 26.1 Å². The summed E-state index contributed by atoms with van der Waals surface area (Å²) in [5, 5.41) is 7.92. The Morgan fingerprint density at radius 1 is 0.812 bits per heavy atom. The first-order valence-corrected chi connectivity index (χ1v) is 13.6. The molecule has 8 nitrogen and oxygen atoms in total. The van der Waals surface area contributed by atoms with Gasteiger partial charge >= 0.3 is 0 Å². The molecule has 1 aliphatic heterocycles. The third-order valence-electron chi connectivity index (χ3n) is 5.50. The van der Waals surface area contributed by atoms with Crippen LogP contribution in [0.3, 0.4) is 0 Å². The second-order valence-corrected chi connectivity index (χ2v) is 11.4. The van der Waals surface area contributed by atoms with Crippen molar-refractivity contribution in [2.75, 3.05) is 19.6 Å². The molecule has 10 heteroatoms. The van der Waals surface area contributed by atoms with Crippen LogP contribution in [-0.2, 0) is 37.7 Å². The first-order valence-electron chi connectivity index (χ1n) is 10.6. The van der Waals surface area contributed by atoms with Gasteiger partial charge in [0.2, 0.25) is 26.0 Å². The Bertz CT molecular complexity index is 1120. The summed E-state index contributed by atoms with van der Waals surface area (Å²) in [4.78, 5) is 12.5. The van der Waals surface area contributed by atoms with Crippen molar-refractivity contribution in [3.63, 3.8) is 0 Å². The molecule has 1 fully saturated rings. The Kier molecular flexibility index (Phi) is 8.05. The number of carbonyl (C=O) groups excluding carboxylic acids is 1. The standard InChI is InChI=1S/C22H29N3O5S2/c23-31(27,28)20-9-4-19(5-10-20)14-15-24-22(26)13-8-18-6-11-21(12-7-18)32(29,30)25-16-2-1-3-17-25/h4-7,9-12H,1-3,8,13-17H2,(H,24,26)(H2,23,27,28). The maximum Gasteiger partial charge on any atom is 0.243 e. The summed E-state index contributed by atoms with van der Waals surface area (Å²) in [6.45, 7) is 1.57. The summed E-state index contributed by atoms with van der Waals surface area (Å²) in [5.74, 6) is -0.101. The quantitative estimate of drug-likeness (QED) is 0.567. The predicted molar refractivity (Wildman–Crippen MR) is 122 cm³/mol. The van der Waals surface area contributed by atoms with Gasteiger partial charge < -0.3 is 5.32 Å². The van der Waals surface area contributed by atoms with Crippen LogP contribution >= 0.6 is 0 Å². The SMILES string of the molecule is NS(=O)(=O)c1ccc(CCNC(=O)CCc2ccc(S(=O)(=O)N3CCCCC3)cc2)cc1.